The minimum Gasteiger partial charge on any atom is -0.444 e. The first kappa shape index (κ1) is 24.5. The molecule has 1 fully saturated rings. The minimum absolute atomic E-state index is 0.222. The number of nitrogens with one attached hydrogen (secondary N) is 3. The van der Waals surface area contributed by atoms with Gasteiger partial charge in [0.1, 0.15) is 17.3 Å². The molecule has 33 heavy (non-hydrogen) atoms. The van der Waals surface area contributed by atoms with E-state index >= 15 is 0 Å². The normalized spacial score (nSPS) is 16.8. The molecule has 10 heteroatoms. The van der Waals surface area contributed by atoms with Gasteiger partial charge in [-0.2, -0.15) is 0 Å². The fourth-order valence-electron chi connectivity index (χ4n) is 3.76. The summed E-state index contributed by atoms with van der Waals surface area (Å²) in [6.07, 6.45) is 0.702. The summed E-state index contributed by atoms with van der Waals surface area (Å²) in [5.74, 6) is -0.448. The van der Waals surface area contributed by atoms with Crippen LogP contribution in [0.5, 0.6) is 0 Å². The molecule has 180 valence electrons. The highest BCUT2D eigenvalue weighted by atomic mass is 16.6. The van der Waals surface area contributed by atoms with E-state index in [1.807, 2.05) is 31.1 Å². The van der Waals surface area contributed by atoms with Crippen LogP contribution in [0.15, 0.2) is 18.2 Å². The van der Waals surface area contributed by atoms with Crippen LogP contribution in [0.4, 0.5) is 10.5 Å². The molecule has 3 N–H and O–H groups in total. The molecule has 3 amide bonds. The van der Waals surface area contributed by atoms with Crippen molar-refractivity contribution >= 4 is 34.6 Å². The van der Waals surface area contributed by atoms with Gasteiger partial charge in [0.15, 0.2) is 0 Å². The fraction of sp³-hybridized carbons (Fsp3) is 0.565. The van der Waals surface area contributed by atoms with Gasteiger partial charge in [0.05, 0.1) is 17.6 Å². The Bertz CT molecular complexity index is 1010. The first-order chi connectivity index (χ1) is 15.5. The molecule has 0 aliphatic carbocycles. The molecule has 2 aromatic rings. The van der Waals surface area contributed by atoms with E-state index in [0.717, 1.165) is 23.3 Å². The average Bonchev–Trinajstić information content (AvgIpc) is 3.08. The van der Waals surface area contributed by atoms with Crippen LogP contribution in [-0.2, 0) is 20.9 Å². The van der Waals surface area contributed by atoms with Crippen LogP contribution in [-0.4, -0.2) is 77.0 Å². The van der Waals surface area contributed by atoms with Crippen LogP contribution < -0.4 is 10.6 Å². The number of benzene rings is 1. The van der Waals surface area contributed by atoms with Gasteiger partial charge >= 0.3 is 6.09 Å². The number of hydrogen-bond acceptors (Lipinski definition) is 6. The molecule has 1 saturated heterocycles. The van der Waals surface area contributed by atoms with Gasteiger partial charge in [0.25, 0.3) is 0 Å². The first-order valence-electron chi connectivity index (χ1n) is 11.2. The number of nitrogens with zero attached hydrogens (tertiary/aromatic N) is 3. The van der Waals surface area contributed by atoms with E-state index in [4.69, 9.17) is 4.74 Å². The molecule has 1 aromatic heterocycles. The molecule has 3 rings (SSSR count). The molecule has 1 aliphatic heterocycles. The van der Waals surface area contributed by atoms with E-state index in [0.29, 0.717) is 31.7 Å². The van der Waals surface area contributed by atoms with E-state index in [-0.39, 0.29) is 18.4 Å². The Hall–Kier alpha value is -3.14. The lowest BCUT2D eigenvalue weighted by atomic mass is 9.96. The third-order valence-electron chi connectivity index (χ3n) is 5.16. The molecule has 10 nitrogen and oxygen atoms in total. The van der Waals surface area contributed by atoms with Crippen molar-refractivity contribution in [1.29, 1.82) is 0 Å². The van der Waals surface area contributed by atoms with Crippen LogP contribution in [0.2, 0.25) is 0 Å². The van der Waals surface area contributed by atoms with Crippen molar-refractivity contribution in [1.82, 2.24) is 25.1 Å². The van der Waals surface area contributed by atoms with Gasteiger partial charge in [-0.1, -0.05) is 0 Å². The van der Waals surface area contributed by atoms with Crippen LogP contribution in [0.1, 0.15) is 39.4 Å². The highest BCUT2D eigenvalue weighted by Crippen LogP contribution is 2.22. The monoisotopic (exact) mass is 458 g/mol. The van der Waals surface area contributed by atoms with Gasteiger partial charge in [-0.05, 0) is 65.9 Å². The van der Waals surface area contributed by atoms with Gasteiger partial charge < -0.3 is 30.2 Å². The third kappa shape index (κ3) is 6.92. The SMILES string of the molecule is CN(C)Cc1nc2ccc(NC(=O)C3CCCN(CCNC(=O)OC(C)(C)C)C3=O)cc2[nH]1. The summed E-state index contributed by atoms with van der Waals surface area (Å²) >= 11 is 0. The number of rotatable bonds is 7. The number of ether oxygens (including phenoxy) is 1. The molecule has 0 spiro atoms. The number of alkyl carbamates (subject to hydrolysis) is 1. The number of carbonyl (C=O) groups is 3. The van der Waals surface area contributed by atoms with Crippen molar-refractivity contribution in [3.8, 4) is 0 Å². The summed E-state index contributed by atoms with van der Waals surface area (Å²) in [7, 11) is 3.94. The number of aromatic nitrogens is 2. The molecule has 1 unspecified atom stereocenters. The quantitative estimate of drug-likeness (QED) is 0.548. The number of hydrogen-bond donors (Lipinski definition) is 3. The molecule has 1 aromatic carbocycles. The Morgan fingerprint density at radius 3 is 2.76 bits per heavy atom. The van der Waals surface area contributed by atoms with Crippen molar-refractivity contribution in [3.05, 3.63) is 24.0 Å². The second-order valence-corrected chi connectivity index (χ2v) is 9.59. The summed E-state index contributed by atoms with van der Waals surface area (Å²) < 4.78 is 5.20. The van der Waals surface area contributed by atoms with E-state index < -0.39 is 17.6 Å². The first-order valence-corrected chi connectivity index (χ1v) is 11.2. The van der Waals surface area contributed by atoms with Gasteiger partial charge in [-0.25, -0.2) is 9.78 Å². The Morgan fingerprint density at radius 1 is 1.30 bits per heavy atom. The maximum Gasteiger partial charge on any atom is 0.407 e. The van der Waals surface area contributed by atoms with Crippen molar-refractivity contribution in [2.24, 2.45) is 5.92 Å². The Kier molecular flexibility index (Phi) is 7.57. The third-order valence-corrected chi connectivity index (χ3v) is 5.16. The molecule has 0 bridgehead atoms. The van der Waals surface area contributed by atoms with Crippen molar-refractivity contribution < 1.29 is 19.1 Å². The zero-order valence-electron chi connectivity index (χ0n) is 20.0. The zero-order chi connectivity index (χ0) is 24.2. The number of likely N-dealkylation sites (tertiary alicyclic amines) is 1. The number of amides is 3. The summed E-state index contributed by atoms with van der Waals surface area (Å²) in [4.78, 5) is 49.0. The number of fused-ring (bicyclic) bond motifs is 1. The molecule has 1 aliphatic rings. The van der Waals surface area contributed by atoms with Crippen molar-refractivity contribution in [2.75, 3.05) is 39.0 Å². The Labute approximate surface area is 194 Å². The maximum atomic E-state index is 12.9. The molecule has 0 saturated carbocycles. The largest absolute Gasteiger partial charge is 0.444 e. The van der Waals surface area contributed by atoms with Gasteiger partial charge in [-0.3, -0.25) is 9.59 Å². The average molecular weight is 459 g/mol. The summed E-state index contributed by atoms with van der Waals surface area (Å²) in [6, 6.07) is 5.46. The van der Waals surface area contributed by atoms with Gasteiger partial charge in [-0.15, -0.1) is 0 Å². The molecule has 2 heterocycles. The van der Waals surface area contributed by atoms with Crippen LogP contribution in [0, 0.1) is 5.92 Å². The van der Waals surface area contributed by atoms with E-state index in [9.17, 15) is 14.4 Å². The predicted molar refractivity (Wildman–Crippen MR) is 126 cm³/mol. The van der Waals surface area contributed by atoms with Crippen molar-refractivity contribution in [2.45, 2.75) is 45.8 Å². The van der Waals surface area contributed by atoms with Crippen LogP contribution >= 0.6 is 0 Å². The summed E-state index contributed by atoms with van der Waals surface area (Å²) in [5.41, 5.74) is 1.68. The minimum atomic E-state index is -0.748. The zero-order valence-corrected chi connectivity index (χ0v) is 20.0. The number of anilines is 1. The molecule has 1 atom stereocenters. The van der Waals surface area contributed by atoms with Gasteiger partial charge in [0, 0.05) is 25.3 Å². The van der Waals surface area contributed by atoms with E-state index in [2.05, 4.69) is 20.6 Å². The van der Waals surface area contributed by atoms with Crippen molar-refractivity contribution in [3.63, 3.8) is 0 Å². The van der Waals surface area contributed by atoms with E-state index in [1.165, 1.54) is 0 Å². The summed E-state index contributed by atoms with van der Waals surface area (Å²) in [6.45, 7) is 7.21. The lowest BCUT2D eigenvalue weighted by Crippen LogP contribution is -2.48. The number of aromatic amines is 1. The molecule has 0 radical (unpaired) electrons. The Balaban J connectivity index is 1.56. The predicted octanol–water partition coefficient (Wildman–Crippen LogP) is 2.33. The number of H-pyrrole nitrogens is 1. The second-order valence-electron chi connectivity index (χ2n) is 9.59. The number of carbonyl (C=O) groups excluding carboxylic acids is 3. The van der Waals surface area contributed by atoms with Crippen LogP contribution in [0.3, 0.4) is 0 Å². The standard InChI is InChI=1S/C23H34N6O4/c1-23(2,3)33-22(32)24-10-12-29-11-6-7-16(21(29)31)20(30)25-15-8-9-17-18(13-15)27-19(26-17)14-28(4)5/h8-9,13,16H,6-7,10-12,14H2,1-5H3,(H,24,32)(H,25,30)(H,26,27). The number of imidazole rings is 1. The fourth-order valence-corrected chi connectivity index (χ4v) is 3.76. The van der Waals surface area contributed by atoms with Gasteiger partial charge in [0.2, 0.25) is 11.8 Å². The number of piperidine rings is 1. The molecular weight excluding hydrogens is 424 g/mol. The maximum absolute atomic E-state index is 12.9. The summed E-state index contributed by atoms with van der Waals surface area (Å²) in [5, 5.41) is 5.52. The van der Waals surface area contributed by atoms with E-state index in [1.54, 1.807) is 31.7 Å². The smallest absolute Gasteiger partial charge is 0.407 e. The topological polar surface area (TPSA) is 120 Å². The lowest BCUT2D eigenvalue weighted by Gasteiger charge is -2.31. The highest BCUT2D eigenvalue weighted by Gasteiger charge is 2.34. The van der Waals surface area contributed by atoms with Crippen LogP contribution in [0.25, 0.3) is 11.0 Å². The lowest BCUT2D eigenvalue weighted by molar-refractivity contribution is -0.143. The Morgan fingerprint density at radius 2 is 2.06 bits per heavy atom. The highest BCUT2D eigenvalue weighted by molar-refractivity contribution is 6.07. The molecular formula is C23H34N6O4. The second kappa shape index (κ2) is 10.2.